The fraction of sp³-hybridized carbons (Fsp3) is 0.111. The van der Waals surface area contributed by atoms with E-state index >= 15 is 0 Å². The smallest absolute Gasteiger partial charge is 0.293 e. The lowest BCUT2D eigenvalue weighted by molar-refractivity contribution is -0.384. The molecule has 0 amide bonds. The molecule has 0 aliphatic carbocycles. The van der Waals surface area contributed by atoms with E-state index in [-0.39, 0.29) is 11.3 Å². The summed E-state index contributed by atoms with van der Waals surface area (Å²) >= 11 is 0. The molecule has 0 saturated carbocycles. The quantitative estimate of drug-likeness (QED) is 0.569. The minimum Gasteiger partial charge on any atom is -0.375 e. The third-order valence-corrected chi connectivity index (χ3v) is 3.77. The zero-order valence-corrected chi connectivity index (χ0v) is 13.5. The first kappa shape index (κ1) is 16.2. The minimum absolute atomic E-state index is 0.109. The molecule has 0 atom stereocenters. The van der Waals surface area contributed by atoms with E-state index in [0.29, 0.717) is 12.2 Å². The Balaban J connectivity index is 1.81. The second-order valence-corrected chi connectivity index (χ2v) is 5.56. The van der Waals surface area contributed by atoms with Crippen LogP contribution in [0.4, 0.5) is 11.4 Å². The molecule has 1 aromatic heterocycles. The number of aryl methyl sites for hydroxylation is 1. The normalized spacial score (nSPS) is 10.2. The number of nitro groups is 1. The van der Waals surface area contributed by atoms with E-state index in [2.05, 4.69) is 10.4 Å². The zero-order valence-electron chi connectivity index (χ0n) is 13.5. The molecule has 1 heterocycles. The van der Waals surface area contributed by atoms with Crippen molar-refractivity contribution < 1.29 is 4.92 Å². The molecule has 7 heteroatoms. The van der Waals surface area contributed by atoms with E-state index in [1.807, 2.05) is 43.6 Å². The Morgan fingerprint density at radius 3 is 2.80 bits per heavy atom. The number of nitriles is 1. The Hall–Kier alpha value is -3.66. The Morgan fingerprint density at radius 2 is 2.12 bits per heavy atom. The largest absolute Gasteiger partial charge is 0.375 e. The van der Waals surface area contributed by atoms with Crippen molar-refractivity contribution in [1.82, 2.24) is 9.78 Å². The maximum absolute atomic E-state index is 11.2. The predicted octanol–water partition coefficient (Wildman–Crippen LogP) is 3.48. The number of aromatic nitrogens is 2. The second-order valence-electron chi connectivity index (χ2n) is 5.56. The van der Waals surface area contributed by atoms with Crippen LogP contribution in [0.2, 0.25) is 0 Å². The van der Waals surface area contributed by atoms with Crippen LogP contribution in [0.3, 0.4) is 0 Å². The molecular formula is C18H15N5O2. The van der Waals surface area contributed by atoms with Crippen LogP contribution in [0, 0.1) is 21.4 Å². The van der Waals surface area contributed by atoms with Crippen LogP contribution in [0.5, 0.6) is 0 Å². The average molecular weight is 333 g/mol. The molecular weight excluding hydrogens is 318 g/mol. The molecule has 3 rings (SSSR count). The molecule has 0 aliphatic heterocycles. The van der Waals surface area contributed by atoms with Crippen LogP contribution in [0.1, 0.15) is 11.1 Å². The van der Waals surface area contributed by atoms with Crippen molar-refractivity contribution in [3.63, 3.8) is 0 Å². The topological polar surface area (TPSA) is 96.8 Å². The summed E-state index contributed by atoms with van der Waals surface area (Å²) in [5.74, 6) is 0. The molecule has 0 saturated heterocycles. The molecule has 7 nitrogen and oxygen atoms in total. The van der Waals surface area contributed by atoms with Gasteiger partial charge in [-0.2, -0.15) is 10.4 Å². The molecule has 3 aromatic rings. The van der Waals surface area contributed by atoms with Gasteiger partial charge in [0.15, 0.2) is 0 Å². The van der Waals surface area contributed by atoms with Crippen molar-refractivity contribution in [2.24, 2.45) is 7.05 Å². The van der Waals surface area contributed by atoms with Crippen molar-refractivity contribution in [1.29, 1.82) is 5.26 Å². The maximum Gasteiger partial charge on any atom is 0.293 e. The number of anilines is 1. The van der Waals surface area contributed by atoms with E-state index in [4.69, 9.17) is 5.26 Å². The highest BCUT2D eigenvalue weighted by molar-refractivity contribution is 5.65. The zero-order chi connectivity index (χ0) is 17.8. The van der Waals surface area contributed by atoms with Crippen LogP contribution in [0.25, 0.3) is 11.1 Å². The fourth-order valence-corrected chi connectivity index (χ4v) is 2.53. The highest BCUT2D eigenvalue weighted by atomic mass is 16.6. The number of rotatable bonds is 5. The molecule has 0 radical (unpaired) electrons. The summed E-state index contributed by atoms with van der Waals surface area (Å²) in [6.07, 6.45) is 3.72. The van der Waals surface area contributed by atoms with E-state index in [1.165, 1.54) is 6.07 Å². The Morgan fingerprint density at radius 1 is 1.28 bits per heavy atom. The monoisotopic (exact) mass is 333 g/mol. The molecule has 1 N–H and O–H groups in total. The minimum atomic E-state index is -0.491. The van der Waals surface area contributed by atoms with Gasteiger partial charge in [-0.15, -0.1) is 0 Å². The number of nitrogens with one attached hydrogen (secondary N) is 1. The first-order valence-corrected chi connectivity index (χ1v) is 7.57. The third-order valence-electron chi connectivity index (χ3n) is 3.77. The number of nitrogens with zero attached hydrogens (tertiary/aromatic N) is 4. The molecule has 0 bridgehead atoms. The average Bonchev–Trinajstić information content (AvgIpc) is 3.06. The van der Waals surface area contributed by atoms with E-state index in [1.54, 1.807) is 23.0 Å². The molecule has 0 fully saturated rings. The Bertz CT molecular complexity index is 972. The lowest BCUT2D eigenvalue weighted by Crippen LogP contribution is -2.03. The number of benzene rings is 2. The molecule has 2 aromatic carbocycles. The fourth-order valence-electron chi connectivity index (χ4n) is 2.53. The van der Waals surface area contributed by atoms with Crippen molar-refractivity contribution >= 4 is 11.4 Å². The molecule has 0 unspecified atom stereocenters. The van der Waals surface area contributed by atoms with Gasteiger partial charge in [0.25, 0.3) is 5.69 Å². The van der Waals surface area contributed by atoms with Gasteiger partial charge in [-0.1, -0.05) is 18.2 Å². The predicted molar refractivity (Wildman–Crippen MR) is 93.8 cm³/mol. The van der Waals surface area contributed by atoms with Crippen LogP contribution in [-0.2, 0) is 13.6 Å². The van der Waals surface area contributed by atoms with Crippen LogP contribution >= 0.6 is 0 Å². The van der Waals surface area contributed by atoms with Crippen molar-refractivity contribution in [2.45, 2.75) is 6.54 Å². The summed E-state index contributed by atoms with van der Waals surface area (Å²) in [5, 5.41) is 27.3. The summed E-state index contributed by atoms with van der Waals surface area (Å²) in [4.78, 5) is 10.7. The summed E-state index contributed by atoms with van der Waals surface area (Å²) in [5.41, 5.74) is 3.56. The van der Waals surface area contributed by atoms with Gasteiger partial charge in [-0.05, 0) is 29.3 Å². The summed E-state index contributed by atoms with van der Waals surface area (Å²) in [6.45, 7) is 0.431. The van der Waals surface area contributed by atoms with Gasteiger partial charge in [-0.25, -0.2) is 0 Å². The standard InChI is InChI=1S/C18H15N5O2/c1-22-12-16(11-21-22)15-4-2-3-14(7-15)10-20-17-6-5-13(9-19)8-18(17)23(24)25/h2-8,11-12,20H,10H2,1H3. The highest BCUT2D eigenvalue weighted by Gasteiger charge is 2.14. The number of hydrogen-bond acceptors (Lipinski definition) is 5. The van der Waals surface area contributed by atoms with E-state index < -0.39 is 4.92 Å². The highest BCUT2D eigenvalue weighted by Crippen LogP contribution is 2.26. The first-order valence-electron chi connectivity index (χ1n) is 7.57. The Labute approximate surface area is 144 Å². The first-order chi connectivity index (χ1) is 12.1. The molecule has 0 spiro atoms. The van der Waals surface area contributed by atoms with Gasteiger partial charge in [0.05, 0.1) is 22.8 Å². The lowest BCUT2D eigenvalue weighted by atomic mass is 10.1. The summed E-state index contributed by atoms with van der Waals surface area (Å²) in [6, 6.07) is 14.2. The van der Waals surface area contributed by atoms with Gasteiger partial charge < -0.3 is 5.32 Å². The Kier molecular flexibility index (Phi) is 4.44. The van der Waals surface area contributed by atoms with Gasteiger partial charge in [0.1, 0.15) is 5.69 Å². The van der Waals surface area contributed by atoms with Crippen molar-refractivity contribution in [2.75, 3.05) is 5.32 Å². The number of nitro benzene ring substituents is 1. The second kappa shape index (κ2) is 6.84. The maximum atomic E-state index is 11.2. The SMILES string of the molecule is Cn1cc(-c2cccc(CNc3ccc(C#N)cc3[N+](=O)[O-])c2)cn1. The van der Waals surface area contributed by atoms with Gasteiger partial charge >= 0.3 is 0 Å². The molecule has 0 aliphatic rings. The molecule has 124 valence electrons. The van der Waals surface area contributed by atoms with Gasteiger partial charge in [-0.3, -0.25) is 14.8 Å². The number of hydrogen-bond donors (Lipinski definition) is 1. The van der Waals surface area contributed by atoms with Crippen LogP contribution in [-0.4, -0.2) is 14.7 Å². The van der Waals surface area contributed by atoms with Crippen LogP contribution < -0.4 is 5.32 Å². The van der Waals surface area contributed by atoms with Crippen molar-refractivity contribution in [3.8, 4) is 17.2 Å². The summed E-state index contributed by atoms with van der Waals surface area (Å²) in [7, 11) is 1.86. The van der Waals surface area contributed by atoms with Crippen molar-refractivity contribution in [3.05, 3.63) is 76.1 Å². The summed E-state index contributed by atoms with van der Waals surface area (Å²) < 4.78 is 1.74. The van der Waals surface area contributed by atoms with E-state index in [9.17, 15) is 10.1 Å². The van der Waals surface area contributed by atoms with Gasteiger partial charge in [0, 0.05) is 31.4 Å². The van der Waals surface area contributed by atoms with E-state index in [0.717, 1.165) is 16.7 Å². The van der Waals surface area contributed by atoms with Crippen LogP contribution in [0.15, 0.2) is 54.9 Å². The third kappa shape index (κ3) is 3.64. The molecule has 25 heavy (non-hydrogen) atoms. The lowest BCUT2D eigenvalue weighted by Gasteiger charge is -2.08. The van der Waals surface area contributed by atoms with Gasteiger partial charge in [0.2, 0.25) is 0 Å².